The number of ether oxygens (including phenoxy) is 1. The van der Waals surface area contributed by atoms with Crippen LogP contribution in [0.4, 0.5) is 4.39 Å². The Bertz CT molecular complexity index is 242. The Morgan fingerprint density at radius 3 is 2.36 bits per heavy atom. The van der Waals surface area contributed by atoms with Crippen molar-refractivity contribution >= 4 is 7.82 Å². The molecule has 84 valence electrons. The maximum absolute atomic E-state index is 12.7. The predicted molar refractivity (Wildman–Crippen MR) is 39.8 cm³/mol. The Morgan fingerprint density at radius 1 is 1.43 bits per heavy atom. The van der Waals surface area contributed by atoms with Gasteiger partial charge in [-0.25, -0.2) is 8.96 Å². The summed E-state index contributed by atoms with van der Waals surface area (Å²) in [5.41, 5.74) is 0. The van der Waals surface area contributed by atoms with Gasteiger partial charge in [-0.15, -0.1) is 0 Å². The quantitative estimate of drug-likeness (QED) is 0.438. The standard InChI is InChI=1S/C5H10FO7P/c6-3-4(7)2(13-5(3)8)1-12-14(9,10)11/h2-5,7-8H,1H2,(H2,9,10,11)/t2-,3+,4-,5+/m1/s1. The summed E-state index contributed by atoms with van der Waals surface area (Å²) < 4.78 is 31.4. The highest BCUT2D eigenvalue weighted by atomic mass is 31.2. The van der Waals surface area contributed by atoms with Crippen LogP contribution in [0, 0.1) is 0 Å². The topological polar surface area (TPSA) is 116 Å². The highest BCUT2D eigenvalue weighted by molar-refractivity contribution is 7.46. The van der Waals surface area contributed by atoms with Gasteiger partial charge in [0.05, 0.1) is 6.61 Å². The van der Waals surface area contributed by atoms with Crippen molar-refractivity contribution in [3.8, 4) is 0 Å². The molecule has 9 heteroatoms. The van der Waals surface area contributed by atoms with Crippen LogP contribution in [0.5, 0.6) is 0 Å². The summed E-state index contributed by atoms with van der Waals surface area (Å²) in [4.78, 5) is 16.6. The highest BCUT2D eigenvalue weighted by Gasteiger charge is 2.44. The van der Waals surface area contributed by atoms with Crippen molar-refractivity contribution in [3.05, 3.63) is 0 Å². The summed E-state index contributed by atoms with van der Waals surface area (Å²) in [6.45, 7) is -0.692. The van der Waals surface area contributed by atoms with Gasteiger partial charge in [0, 0.05) is 0 Å². The maximum Gasteiger partial charge on any atom is 0.469 e. The maximum atomic E-state index is 12.7. The summed E-state index contributed by atoms with van der Waals surface area (Å²) in [6.07, 6.45) is -6.74. The van der Waals surface area contributed by atoms with Crippen molar-refractivity contribution in [2.24, 2.45) is 0 Å². The van der Waals surface area contributed by atoms with Gasteiger partial charge in [-0.3, -0.25) is 4.52 Å². The molecule has 0 aromatic carbocycles. The van der Waals surface area contributed by atoms with Crippen molar-refractivity contribution in [3.63, 3.8) is 0 Å². The van der Waals surface area contributed by atoms with Gasteiger partial charge in [-0.2, -0.15) is 0 Å². The molecule has 4 atom stereocenters. The molecule has 0 aromatic rings. The molecule has 1 fully saturated rings. The largest absolute Gasteiger partial charge is 0.469 e. The Morgan fingerprint density at radius 2 is 2.00 bits per heavy atom. The van der Waals surface area contributed by atoms with Crippen LogP contribution >= 0.6 is 7.82 Å². The zero-order chi connectivity index (χ0) is 10.9. The summed E-state index contributed by atoms with van der Waals surface area (Å²) >= 11 is 0. The summed E-state index contributed by atoms with van der Waals surface area (Å²) in [6, 6.07) is 0. The number of aliphatic hydroxyl groups is 2. The molecule has 14 heavy (non-hydrogen) atoms. The number of aliphatic hydroxyl groups excluding tert-OH is 2. The normalized spacial score (nSPS) is 38.9. The highest BCUT2D eigenvalue weighted by Crippen LogP contribution is 2.37. The number of alkyl halides is 1. The lowest BCUT2D eigenvalue weighted by molar-refractivity contribution is -0.120. The minimum absolute atomic E-state index is 0.692. The van der Waals surface area contributed by atoms with Crippen LogP contribution in [-0.4, -0.2) is 51.3 Å². The van der Waals surface area contributed by atoms with Crippen LogP contribution in [0.25, 0.3) is 0 Å². The molecule has 4 N–H and O–H groups in total. The molecule has 1 aliphatic rings. The molecule has 0 amide bonds. The minimum Gasteiger partial charge on any atom is -0.387 e. The van der Waals surface area contributed by atoms with E-state index >= 15 is 0 Å². The van der Waals surface area contributed by atoms with Crippen LogP contribution < -0.4 is 0 Å². The second kappa shape index (κ2) is 4.19. The van der Waals surface area contributed by atoms with E-state index in [1.54, 1.807) is 0 Å². The second-order valence-electron chi connectivity index (χ2n) is 2.79. The van der Waals surface area contributed by atoms with E-state index in [1.165, 1.54) is 0 Å². The average Bonchev–Trinajstić information content (AvgIpc) is 2.28. The molecular weight excluding hydrogens is 222 g/mol. The molecule has 1 aliphatic heterocycles. The summed E-state index contributed by atoms with van der Waals surface area (Å²) in [7, 11) is -4.68. The molecule has 1 heterocycles. The number of hydrogen-bond acceptors (Lipinski definition) is 5. The smallest absolute Gasteiger partial charge is 0.387 e. The van der Waals surface area contributed by atoms with Gasteiger partial charge < -0.3 is 24.7 Å². The molecule has 1 rings (SSSR count). The van der Waals surface area contributed by atoms with Crippen LogP contribution in [0.1, 0.15) is 0 Å². The first kappa shape index (κ1) is 12.0. The molecule has 0 radical (unpaired) electrons. The van der Waals surface area contributed by atoms with Gasteiger partial charge in [0.1, 0.15) is 12.2 Å². The third-order valence-electron chi connectivity index (χ3n) is 1.70. The number of hydrogen-bond donors (Lipinski definition) is 4. The molecule has 0 aliphatic carbocycles. The van der Waals surface area contributed by atoms with Gasteiger partial charge >= 0.3 is 7.82 Å². The van der Waals surface area contributed by atoms with E-state index in [9.17, 15) is 8.96 Å². The Labute approximate surface area is 78.3 Å². The number of rotatable bonds is 3. The van der Waals surface area contributed by atoms with E-state index in [0.717, 1.165) is 0 Å². The first-order chi connectivity index (χ1) is 6.31. The number of phosphoric acid groups is 1. The predicted octanol–water partition coefficient (Wildman–Crippen LogP) is -1.49. The van der Waals surface area contributed by atoms with Crippen molar-refractivity contribution in [1.82, 2.24) is 0 Å². The zero-order valence-corrected chi connectivity index (χ0v) is 7.75. The fourth-order valence-electron chi connectivity index (χ4n) is 1.02. The van der Waals surface area contributed by atoms with Gasteiger partial charge in [-0.1, -0.05) is 0 Å². The molecule has 1 saturated heterocycles. The Kier molecular flexibility index (Phi) is 3.59. The molecule has 0 bridgehead atoms. The molecule has 0 spiro atoms. The fourth-order valence-corrected chi connectivity index (χ4v) is 1.36. The first-order valence-corrected chi connectivity index (χ1v) is 5.20. The van der Waals surface area contributed by atoms with E-state index < -0.39 is 39.1 Å². The van der Waals surface area contributed by atoms with E-state index in [1.807, 2.05) is 0 Å². The van der Waals surface area contributed by atoms with Crippen molar-refractivity contribution in [2.45, 2.75) is 24.7 Å². The SMILES string of the molecule is O=P(O)(O)OC[C@H]1O[C@H](O)[C@@H](F)[C@@H]1O. The van der Waals surface area contributed by atoms with E-state index in [-0.39, 0.29) is 0 Å². The first-order valence-electron chi connectivity index (χ1n) is 3.67. The summed E-state index contributed by atoms with van der Waals surface area (Å²) in [5, 5.41) is 17.8. The lowest BCUT2D eigenvalue weighted by Crippen LogP contribution is -2.31. The third kappa shape index (κ3) is 2.96. The van der Waals surface area contributed by atoms with Gasteiger partial charge in [0.2, 0.25) is 0 Å². The van der Waals surface area contributed by atoms with Crippen LogP contribution in [0.3, 0.4) is 0 Å². The van der Waals surface area contributed by atoms with Crippen LogP contribution in [0.15, 0.2) is 0 Å². The molecular formula is C5H10FO7P. The van der Waals surface area contributed by atoms with Gasteiger partial charge in [-0.05, 0) is 0 Å². The number of halogens is 1. The van der Waals surface area contributed by atoms with E-state index in [2.05, 4.69) is 9.26 Å². The molecule has 0 saturated carbocycles. The molecule has 0 aromatic heterocycles. The molecule has 0 unspecified atom stereocenters. The van der Waals surface area contributed by atoms with Crippen molar-refractivity contribution in [2.75, 3.05) is 6.61 Å². The van der Waals surface area contributed by atoms with E-state index in [4.69, 9.17) is 20.0 Å². The van der Waals surface area contributed by atoms with Crippen LogP contribution in [-0.2, 0) is 13.8 Å². The monoisotopic (exact) mass is 232 g/mol. The minimum atomic E-state index is -4.68. The fraction of sp³-hybridized carbons (Fsp3) is 1.00. The zero-order valence-electron chi connectivity index (χ0n) is 6.86. The van der Waals surface area contributed by atoms with Crippen molar-refractivity contribution < 1.29 is 38.2 Å². The molecule has 7 nitrogen and oxygen atoms in total. The lowest BCUT2D eigenvalue weighted by atomic mass is 10.2. The van der Waals surface area contributed by atoms with Crippen molar-refractivity contribution in [1.29, 1.82) is 0 Å². The Hall–Kier alpha value is -0.0800. The van der Waals surface area contributed by atoms with E-state index in [0.29, 0.717) is 0 Å². The van der Waals surface area contributed by atoms with Gasteiger partial charge in [0.15, 0.2) is 12.5 Å². The van der Waals surface area contributed by atoms with Crippen LogP contribution in [0.2, 0.25) is 0 Å². The van der Waals surface area contributed by atoms with Gasteiger partial charge in [0.25, 0.3) is 0 Å². The Balaban J connectivity index is 2.44. The third-order valence-corrected chi connectivity index (χ3v) is 2.19. The average molecular weight is 232 g/mol. The second-order valence-corrected chi connectivity index (χ2v) is 4.03. The lowest BCUT2D eigenvalue weighted by Gasteiger charge is -2.13. The number of phosphoric ester groups is 1. The summed E-state index contributed by atoms with van der Waals surface area (Å²) in [5.74, 6) is 0.